The summed E-state index contributed by atoms with van der Waals surface area (Å²) in [5.74, 6) is 0.912. The van der Waals surface area contributed by atoms with Crippen molar-refractivity contribution in [2.45, 2.75) is 52.1 Å². The molecule has 3 heteroatoms. The molecule has 1 rings (SSSR count). The zero-order valence-corrected chi connectivity index (χ0v) is 14.6. The molecule has 3 nitrogen and oxygen atoms in total. The number of ether oxygens (including phenoxy) is 1. The maximum Gasteiger partial charge on any atom is 0.118 e. The summed E-state index contributed by atoms with van der Waals surface area (Å²) in [4.78, 5) is 2.60. The normalized spacial score (nSPS) is 13.5. The number of rotatable bonds is 9. The van der Waals surface area contributed by atoms with E-state index in [1.165, 1.54) is 5.56 Å². The smallest absolute Gasteiger partial charge is 0.118 e. The third-order valence-corrected chi connectivity index (χ3v) is 4.89. The Balaban J connectivity index is 3.22. The van der Waals surface area contributed by atoms with Crippen molar-refractivity contribution in [3.8, 4) is 5.75 Å². The number of nitrogens with zero attached hydrogens (tertiary/aromatic N) is 1. The van der Waals surface area contributed by atoms with Crippen molar-refractivity contribution in [2.75, 3.05) is 27.2 Å². The molecule has 0 spiro atoms. The second kappa shape index (κ2) is 8.40. The first-order valence-corrected chi connectivity index (χ1v) is 8.19. The van der Waals surface area contributed by atoms with Gasteiger partial charge in [-0.05, 0) is 50.7 Å². The molecule has 0 aliphatic rings. The van der Waals surface area contributed by atoms with Crippen LogP contribution in [0.25, 0.3) is 0 Å². The average molecular weight is 292 g/mol. The lowest BCUT2D eigenvalue weighted by Gasteiger charge is -2.48. The van der Waals surface area contributed by atoms with Crippen LogP contribution in [-0.2, 0) is 0 Å². The highest BCUT2D eigenvalue weighted by atomic mass is 16.5. The van der Waals surface area contributed by atoms with Gasteiger partial charge in [0, 0.05) is 5.54 Å². The first kappa shape index (κ1) is 18.0. The fourth-order valence-corrected chi connectivity index (χ4v) is 3.68. The van der Waals surface area contributed by atoms with E-state index in [4.69, 9.17) is 4.74 Å². The van der Waals surface area contributed by atoms with Crippen LogP contribution in [0.4, 0.5) is 0 Å². The lowest BCUT2D eigenvalue weighted by molar-refractivity contribution is 0.0514. The zero-order chi connectivity index (χ0) is 15.9. The number of benzene rings is 1. The maximum atomic E-state index is 5.28. The van der Waals surface area contributed by atoms with Crippen molar-refractivity contribution in [3.05, 3.63) is 29.8 Å². The van der Waals surface area contributed by atoms with Crippen LogP contribution in [0.1, 0.15) is 52.1 Å². The van der Waals surface area contributed by atoms with Gasteiger partial charge in [0.15, 0.2) is 0 Å². The van der Waals surface area contributed by atoms with E-state index in [-0.39, 0.29) is 5.54 Å². The third kappa shape index (κ3) is 3.58. The van der Waals surface area contributed by atoms with E-state index in [1.807, 2.05) is 0 Å². The van der Waals surface area contributed by atoms with Crippen LogP contribution in [0.15, 0.2) is 24.3 Å². The van der Waals surface area contributed by atoms with Crippen LogP contribution in [0.5, 0.6) is 5.75 Å². The SMILES string of the molecule is CCN(CC)C(CC)(CC)C(NC)c1ccc(OC)cc1. The Morgan fingerprint density at radius 1 is 1.05 bits per heavy atom. The minimum atomic E-state index is 0.146. The Morgan fingerprint density at radius 2 is 1.57 bits per heavy atom. The Kier molecular flexibility index (Phi) is 7.20. The summed E-state index contributed by atoms with van der Waals surface area (Å²) in [6, 6.07) is 8.79. The highest BCUT2D eigenvalue weighted by Crippen LogP contribution is 2.37. The van der Waals surface area contributed by atoms with Crippen molar-refractivity contribution in [2.24, 2.45) is 0 Å². The van der Waals surface area contributed by atoms with Gasteiger partial charge in [0.1, 0.15) is 5.75 Å². The Bertz CT molecular complexity index is 394. The molecule has 120 valence electrons. The topological polar surface area (TPSA) is 24.5 Å². The fraction of sp³-hybridized carbons (Fsp3) is 0.667. The molecule has 21 heavy (non-hydrogen) atoms. The van der Waals surface area contributed by atoms with E-state index in [1.54, 1.807) is 7.11 Å². The molecule has 0 aliphatic heterocycles. The van der Waals surface area contributed by atoms with E-state index in [2.05, 4.69) is 69.2 Å². The molecule has 0 saturated carbocycles. The largest absolute Gasteiger partial charge is 0.497 e. The molecule has 0 bridgehead atoms. The van der Waals surface area contributed by atoms with Crippen LogP contribution in [0, 0.1) is 0 Å². The Labute approximate surface area is 130 Å². The van der Waals surface area contributed by atoms with Gasteiger partial charge in [-0.15, -0.1) is 0 Å². The van der Waals surface area contributed by atoms with Gasteiger partial charge in [-0.2, -0.15) is 0 Å². The van der Waals surface area contributed by atoms with Gasteiger partial charge in [-0.1, -0.05) is 39.8 Å². The number of hydrogen-bond donors (Lipinski definition) is 1. The van der Waals surface area contributed by atoms with Crippen molar-refractivity contribution in [3.63, 3.8) is 0 Å². The van der Waals surface area contributed by atoms with E-state index >= 15 is 0 Å². The first-order valence-electron chi connectivity index (χ1n) is 8.19. The molecule has 1 atom stereocenters. The highest BCUT2D eigenvalue weighted by molar-refractivity contribution is 5.31. The summed E-state index contributed by atoms with van der Waals surface area (Å²) in [5.41, 5.74) is 1.47. The molecule has 1 aromatic carbocycles. The van der Waals surface area contributed by atoms with Gasteiger partial charge in [0.2, 0.25) is 0 Å². The van der Waals surface area contributed by atoms with Gasteiger partial charge in [-0.3, -0.25) is 4.90 Å². The molecular formula is C18H32N2O. The van der Waals surface area contributed by atoms with Gasteiger partial charge in [-0.25, -0.2) is 0 Å². The first-order chi connectivity index (χ1) is 10.1. The molecule has 0 aliphatic carbocycles. The molecule has 0 saturated heterocycles. The molecule has 0 heterocycles. The molecule has 1 aromatic rings. The minimum absolute atomic E-state index is 0.146. The highest BCUT2D eigenvalue weighted by Gasteiger charge is 2.39. The van der Waals surface area contributed by atoms with E-state index in [0.717, 1.165) is 31.7 Å². The summed E-state index contributed by atoms with van der Waals surface area (Å²) in [7, 11) is 3.78. The number of hydrogen-bond acceptors (Lipinski definition) is 3. The molecule has 1 unspecified atom stereocenters. The standard InChI is InChI=1S/C18H32N2O/c1-7-18(8-2,20(9-3)10-4)17(19-5)15-11-13-16(21-6)14-12-15/h11-14,17,19H,7-10H2,1-6H3. The molecule has 0 aromatic heterocycles. The van der Waals surface area contributed by atoms with Crippen LogP contribution >= 0.6 is 0 Å². The lowest BCUT2D eigenvalue weighted by atomic mass is 9.79. The van der Waals surface area contributed by atoms with Gasteiger partial charge in [0.25, 0.3) is 0 Å². The van der Waals surface area contributed by atoms with Crippen molar-refractivity contribution >= 4 is 0 Å². The summed E-state index contributed by atoms with van der Waals surface area (Å²) in [5, 5.41) is 3.57. The molecule has 1 N–H and O–H groups in total. The van der Waals surface area contributed by atoms with Crippen LogP contribution in [0.2, 0.25) is 0 Å². The number of methoxy groups -OCH3 is 1. The molecule has 0 radical (unpaired) electrons. The van der Waals surface area contributed by atoms with Crippen molar-refractivity contribution in [1.29, 1.82) is 0 Å². The number of likely N-dealkylation sites (N-methyl/N-ethyl adjacent to an activating group) is 2. The van der Waals surface area contributed by atoms with E-state index in [9.17, 15) is 0 Å². The maximum absolute atomic E-state index is 5.28. The lowest BCUT2D eigenvalue weighted by Crippen LogP contribution is -2.55. The van der Waals surface area contributed by atoms with E-state index in [0.29, 0.717) is 6.04 Å². The predicted octanol–water partition coefficient (Wildman–Crippen LogP) is 3.86. The summed E-state index contributed by atoms with van der Waals surface area (Å²) >= 11 is 0. The van der Waals surface area contributed by atoms with E-state index < -0.39 is 0 Å². The summed E-state index contributed by atoms with van der Waals surface area (Å²) in [6.45, 7) is 11.3. The van der Waals surface area contributed by atoms with Crippen LogP contribution < -0.4 is 10.1 Å². The Morgan fingerprint density at radius 3 is 1.90 bits per heavy atom. The third-order valence-electron chi connectivity index (χ3n) is 4.89. The quantitative estimate of drug-likeness (QED) is 0.748. The molecule has 0 fully saturated rings. The van der Waals surface area contributed by atoms with Crippen LogP contribution in [-0.4, -0.2) is 37.7 Å². The Hall–Kier alpha value is -1.06. The molecular weight excluding hydrogens is 260 g/mol. The summed E-state index contributed by atoms with van der Waals surface area (Å²) in [6.07, 6.45) is 2.26. The van der Waals surface area contributed by atoms with Gasteiger partial charge < -0.3 is 10.1 Å². The number of nitrogens with one attached hydrogen (secondary N) is 1. The fourth-order valence-electron chi connectivity index (χ4n) is 3.68. The minimum Gasteiger partial charge on any atom is -0.497 e. The summed E-state index contributed by atoms with van der Waals surface area (Å²) < 4.78 is 5.28. The van der Waals surface area contributed by atoms with Crippen LogP contribution in [0.3, 0.4) is 0 Å². The van der Waals surface area contributed by atoms with Gasteiger partial charge in [0.05, 0.1) is 13.2 Å². The van der Waals surface area contributed by atoms with Crippen molar-refractivity contribution in [1.82, 2.24) is 10.2 Å². The van der Waals surface area contributed by atoms with Gasteiger partial charge >= 0.3 is 0 Å². The van der Waals surface area contributed by atoms with Crippen molar-refractivity contribution < 1.29 is 4.74 Å². The average Bonchev–Trinajstić information content (AvgIpc) is 2.55. The monoisotopic (exact) mass is 292 g/mol. The predicted molar refractivity (Wildman–Crippen MR) is 91.0 cm³/mol. The second-order valence-corrected chi connectivity index (χ2v) is 5.48. The second-order valence-electron chi connectivity index (χ2n) is 5.48. The zero-order valence-electron chi connectivity index (χ0n) is 14.6. The molecule has 0 amide bonds.